The SMILES string of the molecule is CCOC(=O)C(C)Oc1ccc(OCc2nn(-c3ccc(OC(F)(F)F)cc3)c3ccccc23)cc1C. The molecule has 4 aromatic rings. The first-order valence-corrected chi connectivity index (χ1v) is 11.5. The predicted molar refractivity (Wildman–Crippen MR) is 130 cm³/mol. The van der Waals surface area contributed by atoms with Crippen molar-refractivity contribution in [1.82, 2.24) is 9.78 Å². The summed E-state index contributed by atoms with van der Waals surface area (Å²) in [5, 5.41) is 5.49. The van der Waals surface area contributed by atoms with Gasteiger partial charge < -0.3 is 18.9 Å². The highest BCUT2D eigenvalue weighted by Crippen LogP contribution is 2.28. The molecule has 0 aliphatic rings. The number of esters is 1. The third-order valence-electron chi connectivity index (χ3n) is 5.42. The Morgan fingerprint density at radius 2 is 1.73 bits per heavy atom. The summed E-state index contributed by atoms with van der Waals surface area (Å²) in [4.78, 5) is 11.8. The molecule has 0 fully saturated rings. The molecule has 0 aliphatic carbocycles. The van der Waals surface area contributed by atoms with Crippen molar-refractivity contribution in [2.75, 3.05) is 6.61 Å². The van der Waals surface area contributed by atoms with Gasteiger partial charge in [-0.05, 0) is 74.9 Å². The highest BCUT2D eigenvalue weighted by atomic mass is 19.4. The van der Waals surface area contributed by atoms with Crippen LogP contribution in [0.25, 0.3) is 16.6 Å². The van der Waals surface area contributed by atoms with Gasteiger partial charge in [0.1, 0.15) is 29.5 Å². The fourth-order valence-electron chi connectivity index (χ4n) is 3.72. The number of ether oxygens (including phenoxy) is 4. The van der Waals surface area contributed by atoms with Crippen molar-refractivity contribution in [3.8, 4) is 22.9 Å². The van der Waals surface area contributed by atoms with E-state index in [1.54, 1.807) is 36.7 Å². The molecule has 0 bridgehead atoms. The number of rotatable bonds is 9. The van der Waals surface area contributed by atoms with Crippen LogP contribution in [-0.2, 0) is 16.1 Å². The average Bonchev–Trinajstić information content (AvgIpc) is 3.22. The molecule has 0 amide bonds. The van der Waals surface area contributed by atoms with Crippen LogP contribution in [0.5, 0.6) is 17.2 Å². The van der Waals surface area contributed by atoms with E-state index >= 15 is 0 Å². The molecule has 1 heterocycles. The average molecular weight is 515 g/mol. The molecule has 194 valence electrons. The minimum absolute atomic E-state index is 0.154. The van der Waals surface area contributed by atoms with Crippen LogP contribution in [0.15, 0.2) is 66.7 Å². The van der Waals surface area contributed by atoms with Crippen LogP contribution >= 0.6 is 0 Å². The molecule has 3 aromatic carbocycles. The summed E-state index contributed by atoms with van der Waals surface area (Å²) in [6.45, 7) is 5.64. The van der Waals surface area contributed by atoms with Crippen molar-refractivity contribution in [1.29, 1.82) is 0 Å². The number of carbonyl (C=O) groups excluding carboxylic acids is 1. The molecule has 0 N–H and O–H groups in total. The second-order valence-corrected chi connectivity index (χ2v) is 8.15. The Morgan fingerprint density at radius 3 is 2.41 bits per heavy atom. The molecule has 0 radical (unpaired) electrons. The molecule has 7 nitrogen and oxygen atoms in total. The second-order valence-electron chi connectivity index (χ2n) is 8.15. The number of aryl methyl sites for hydroxylation is 1. The van der Waals surface area contributed by atoms with Gasteiger partial charge in [-0.3, -0.25) is 0 Å². The van der Waals surface area contributed by atoms with Crippen LogP contribution in [0, 0.1) is 6.92 Å². The third kappa shape index (κ3) is 6.32. The lowest BCUT2D eigenvalue weighted by Gasteiger charge is -2.16. The van der Waals surface area contributed by atoms with Gasteiger partial charge in [0.25, 0.3) is 0 Å². The van der Waals surface area contributed by atoms with E-state index in [1.165, 1.54) is 24.3 Å². The topological polar surface area (TPSA) is 71.8 Å². The van der Waals surface area contributed by atoms with Crippen molar-refractivity contribution < 1.29 is 36.9 Å². The number of nitrogens with zero attached hydrogens (tertiary/aromatic N) is 2. The van der Waals surface area contributed by atoms with Crippen molar-refractivity contribution in [2.45, 2.75) is 39.8 Å². The van der Waals surface area contributed by atoms with E-state index in [4.69, 9.17) is 14.2 Å². The van der Waals surface area contributed by atoms with E-state index < -0.39 is 18.4 Å². The third-order valence-corrected chi connectivity index (χ3v) is 5.42. The molecule has 0 aliphatic heterocycles. The fourth-order valence-corrected chi connectivity index (χ4v) is 3.72. The lowest BCUT2D eigenvalue weighted by molar-refractivity contribution is -0.274. The van der Waals surface area contributed by atoms with Gasteiger partial charge in [-0.2, -0.15) is 5.10 Å². The van der Waals surface area contributed by atoms with Gasteiger partial charge in [0.2, 0.25) is 0 Å². The summed E-state index contributed by atoms with van der Waals surface area (Å²) < 4.78 is 59.7. The van der Waals surface area contributed by atoms with Gasteiger partial charge in [-0.1, -0.05) is 18.2 Å². The maximum absolute atomic E-state index is 12.5. The van der Waals surface area contributed by atoms with E-state index in [-0.39, 0.29) is 19.0 Å². The Balaban J connectivity index is 1.50. The Kier molecular flexibility index (Phi) is 7.56. The lowest BCUT2D eigenvalue weighted by Crippen LogP contribution is -2.26. The zero-order valence-electron chi connectivity index (χ0n) is 20.4. The van der Waals surface area contributed by atoms with Crippen molar-refractivity contribution in [3.63, 3.8) is 0 Å². The van der Waals surface area contributed by atoms with E-state index in [9.17, 15) is 18.0 Å². The number of hydrogen-bond acceptors (Lipinski definition) is 6. The Hall–Kier alpha value is -4.21. The standard InChI is InChI=1S/C27H25F3N2O5/c1-4-34-26(33)18(3)36-25-14-13-21(15-17(25)2)35-16-23-22-7-5-6-8-24(22)32(31-23)19-9-11-20(12-10-19)37-27(28,29)30/h5-15,18H,4,16H2,1-3H3. The zero-order valence-corrected chi connectivity index (χ0v) is 20.4. The smallest absolute Gasteiger partial charge is 0.487 e. The number of halogens is 3. The minimum atomic E-state index is -4.76. The molecule has 37 heavy (non-hydrogen) atoms. The number of alkyl halides is 3. The number of fused-ring (bicyclic) bond motifs is 1. The van der Waals surface area contributed by atoms with Gasteiger partial charge in [-0.15, -0.1) is 13.2 Å². The highest BCUT2D eigenvalue weighted by Gasteiger charge is 2.31. The maximum Gasteiger partial charge on any atom is 0.573 e. The van der Waals surface area contributed by atoms with Gasteiger partial charge >= 0.3 is 12.3 Å². The van der Waals surface area contributed by atoms with Crippen LogP contribution in [0.2, 0.25) is 0 Å². The second kappa shape index (κ2) is 10.8. The molecule has 0 saturated heterocycles. The lowest BCUT2D eigenvalue weighted by atomic mass is 10.2. The minimum Gasteiger partial charge on any atom is -0.487 e. The Morgan fingerprint density at radius 1 is 1.03 bits per heavy atom. The molecule has 1 aromatic heterocycles. The maximum atomic E-state index is 12.5. The Labute approximate surface area is 211 Å². The van der Waals surface area contributed by atoms with Crippen LogP contribution in [-0.4, -0.2) is 34.8 Å². The van der Waals surface area contributed by atoms with E-state index in [0.29, 0.717) is 22.9 Å². The first-order chi connectivity index (χ1) is 17.6. The van der Waals surface area contributed by atoms with Gasteiger partial charge in [0.05, 0.1) is 17.8 Å². The van der Waals surface area contributed by atoms with E-state index in [2.05, 4.69) is 9.84 Å². The molecule has 0 spiro atoms. The van der Waals surface area contributed by atoms with Crippen molar-refractivity contribution in [2.24, 2.45) is 0 Å². The zero-order chi connectivity index (χ0) is 26.6. The first kappa shape index (κ1) is 25.9. The number of carbonyl (C=O) groups is 1. The summed E-state index contributed by atoms with van der Waals surface area (Å²) >= 11 is 0. The molecule has 4 rings (SSSR count). The summed E-state index contributed by atoms with van der Waals surface area (Å²) in [5.41, 5.74) is 2.79. The van der Waals surface area contributed by atoms with E-state index in [0.717, 1.165) is 16.5 Å². The highest BCUT2D eigenvalue weighted by molar-refractivity contribution is 5.83. The number of benzene rings is 3. The van der Waals surface area contributed by atoms with Crippen molar-refractivity contribution >= 4 is 16.9 Å². The summed E-state index contributed by atoms with van der Waals surface area (Å²) in [6.07, 6.45) is -5.50. The van der Waals surface area contributed by atoms with Gasteiger partial charge in [0.15, 0.2) is 6.10 Å². The monoisotopic (exact) mass is 514 g/mol. The van der Waals surface area contributed by atoms with Crippen LogP contribution < -0.4 is 14.2 Å². The summed E-state index contributed by atoms with van der Waals surface area (Å²) in [5.74, 6) is 0.379. The number of aromatic nitrogens is 2. The normalized spacial score (nSPS) is 12.3. The van der Waals surface area contributed by atoms with Crippen LogP contribution in [0.4, 0.5) is 13.2 Å². The predicted octanol–water partition coefficient (Wildman–Crippen LogP) is 6.14. The fraction of sp³-hybridized carbons (Fsp3) is 0.259. The van der Waals surface area contributed by atoms with Crippen LogP contribution in [0.3, 0.4) is 0 Å². The largest absolute Gasteiger partial charge is 0.573 e. The molecular weight excluding hydrogens is 489 g/mol. The number of hydrogen-bond donors (Lipinski definition) is 0. The first-order valence-electron chi connectivity index (χ1n) is 11.5. The molecule has 0 saturated carbocycles. The number of para-hydroxylation sites is 1. The van der Waals surface area contributed by atoms with E-state index in [1.807, 2.05) is 31.2 Å². The van der Waals surface area contributed by atoms with Crippen LogP contribution in [0.1, 0.15) is 25.1 Å². The molecular formula is C27H25F3N2O5. The summed E-state index contributed by atoms with van der Waals surface area (Å²) in [6, 6.07) is 18.2. The quantitative estimate of drug-likeness (QED) is 0.250. The van der Waals surface area contributed by atoms with Gasteiger partial charge in [-0.25, -0.2) is 9.48 Å². The Bertz CT molecular complexity index is 1380. The summed E-state index contributed by atoms with van der Waals surface area (Å²) in [7, 11) is 0. The molecule has 1 atom stereocenters. The molecule has 1 unspecified atom stereocenters. The van der Waals surface area contributed by atoms with Gasteiger partial charge in [0, 0.05) is 5.39 Å². The molecule has 10 heteroatoms. The van der Waals surface area contributed by atoms with Crippen molar-refractivity contribution in [3.05, 3.63) is 78.0 Å².